The van der Waals surface area contributed by atoms with Gasteiger partial charge in [0.15, 0.2) is 0 Å². The molecule has 1 saturated heterocycles. The molecule has 0 radical (unpaired) electrons. The summed E-state index contributed by atoms with van der Waals surface area (Å²) in [6.07, 6.45) is 4.02. The van der Waals surface area contributed by atoms with Gasteiger partial charge in [-0.2, -0.15) is 23.5 Å². The first-order chi connectivity index (χ1) is 7.93. The summed E-state index contributed by atoms with van der Waals surface area (Å²) in [4.78, 5) is 0. The Morgan fingerprint density at radius 2 is 1.81 bits per heavy atom. The second kappa shape index (κ2) is 10.8. The van der Waals surface area contributed by atoms with Crippen molar-refractivity contribution >= 4 is 23.5 Å². The summed E-state index contributed by atoms with van der Waals surface area (Å²) >= 11 is 4.13. The lowest BCUT2D eigenvalue weighted by Crippen LogP contribution is -2.14. The molecule has 1 aliphatic heterocycles. The summed E-state index contributed by atoms with van der Waals surface area (Å²) < 4.78 is 11.0. The molecule has 0 spiro atoms. The van der Waals surface area contributed by atoms with Crippen LogP contribution >= 0.6 is 23.5 Å². The molecule has 96 valence electrons. The van der Waals surface area contributed by atoms with Crippen molar-refractivity contribution in [3.05, 3.63) is 0 Å². The molecule has 0 aromatic heterocycles. The van der Waals surface area contributed by atoms with Crippen molar-refractivity contribution in [1.82, 2.24) is 0 Å². The minimum Gasteiger partial charge on any atom is -0.378 e. The quantitative estimate of drug-likeness (QED) is 0.779. The van der Waals surface area contributed by atoms with Crippen LogP contribution < -0.4 is 0 Å². The fraction of sp³-hybridized carbons (Fsp3) is 1.00. The monoisotopic (exact) mass is 264 g/mol. The standard InChI is InChI=1S/C12H24O2S2/c1-2-3-4-12-11-15-9-7-13-5-6-14-8-10-16-12/h12H,2-11H2,1H3. The van der Waals surface area contributed by atoms with E-state index in [0.717, 1.165) is 43.2 Å². The van der Waals surface area contributed by atoms with E-state index in [1.54, 1.807) is 0 Å². The molecule has 1 atom stereocenters. The minimum atomic E-state index is 0.754. The van der Waals surface area contributed by atoms with Crippen LogP contribution in [0.25, 0.3) is 0 Å². The Kier molecular flexibility index (Phi) is 9.87. The van der Waals surface area contributed by atoms with E-state index >= 15 is 0 Å². The van der Waals surface area contributed by atoms with Crippen LogP contribution in [0.1, 0.15) is 26.2 Å². The van der Waals surface area contributed by atoms with Gasteiger partial charge in [-0.1, -0.05) is 19.8 Å². The second-order valence-electron chi connectivity index (χ2n) is 3.93. The summed E-state index contributed by atoms with van der Waals surface area (Å²) in [5.74, 6) is 3.53. The lowest BCUT2D eigenvalue weighted by molar-refractivity contribution is 0.0604. The summed E-state index contributed by atoms with van der Waals surface area (Å²) in [6, 6.07) is 0. The maximum atomic E-state index is 5.51. The van der Waals surface area contributed by atoms with Crippen LogP contribution in [0.2, 0.25) is 0 Å². The first-order valence-corrected chi connectivity index (χ1v) is 8.48. The van der Waals surface area contributed by atoms with Crippen molar-refractivity contribution in [2.45, 2.75) is 31.4 Å². The van der Waals surface area contributed by atoms with Crippen molar-refractivity contribution in [3.63, 3.8) is 0 Å². The third-order valence-electron chi connectivity index (χ3n) is 2.51. The molecule has 4 heteroatoms. The maximum Gasteiger partial charge on any atom is 0.0700 e. The van der Waals surface area contributed by atoms with Crippen LogP contribution in [0, 0.1) is 0 Å². The summed E-state index contributed by atoms with van der Waals surface area (Å²) in [5.41, 5.74) is 0. The van der Waals surface area contributed by atoms with E-state index in [-0.39, 0.29) is 0 Å². The molecule has 0 aromatic carbocycles. The van der Waals surface area contributed by atoms with Gasteiger partial charge in [0.1, 0.15) is 0 Å². The molecule has 1 fully saturated rings. The molecule has 0 saturated carbocycles. The van der Waals surface area contributed by atoms with Crippen molar-refractivity contribution in [1.29, 1.82) is 0 Å². The molecule has 1 unspecified atom stereocenters. The van der Waals surface area contributed by atoms with Crippen molar-refractivity contribution < 1.29 is 9.47 Å². The predicted molar refractivity (Wildman–Crippen MR) is 74.7 cm³/mol. The van der Waals surface area contributed by atoms with E-state index in [1.165, 1.54) is 25.0 Å². The first-order valence-electron chi connectivity index (χ1n) is 6.28. The van der Waals surface area contributed by atoms with Crippen LogP contribution in [0.4, 0.5) is 0 Å². The van der Waals surface area contributed by atoms with Crippen molar-refractivity contribution in [3.8, 4) is 0 Å². The molecule has 16 heavy (non-hydrogen) atoms. The van der Waals surface area contributed by atoms with Crippen LogP contribution in [0.3, 0.4) is 0 Å². The van der Waals surface area contributed by atoms with Crippen LogP contribution in [-0.2, 0) is 9.47 Å². The maximum absolute atomic E-state index is 5.51. The first kappa shape index (κ1) is 14.7. The van der Waals surface area contributed by atoms with E-state index in [9.17, 15) is 0 Å². The SMILES string of the molecule is CCCCC1CSCCOCCOCCS1. The number of rotatable bonds is 3. The fourth-order valence-electron chi connectivity index (χ4n) is 1.57. The average molecular weight is 264 g/mol. The van der Waals surface area contributed by atoms with Gasteiger partial charge in [-0.05, 0) is 6.42 Å². The van der Waals surface area contributed by atoms with Gasteiger partial charge in [0.05, 0.1) is 26.4 Å². The molecule has 0 N–H and O–H groups in total. The van der Waals surface area contributed by atoms with E-state index < -0.39 is 0 Å². The van der Waals surface area contributed by atoms with Gasteiger partial charge in [-0.25, -0.2) is 0 Å². The smallest absolute Gasteiger partial charge is 0.0700 e. The predicted octanol–water partition coefficient (Wildman–Crippen LogP) is 3.06. The third kappa shape index (κ3) is 7.82. The highest BCUT2D eigenvalue weighted by molar-refractivity contribution is 8.03. The van der Waals surface area contributed by atoms with Crippen molar-refractivity contribution in [2.24, 2.45) is 0 Å². The van der Waals surface area contributed by atoms with Gasteiger partial charge in [-0.15, -0.1) is 0 Å². The Bertz CT molecular complexity index is 144. The van der Waals surface area contributed by atoms with Gasteiger partial charge >= 0.3 is 0 Å². The Morgan fingerprint density at radius 3 is 2.56 bits per heavy atom. The Labute approximate surface area is 108 Å². The van der Waals surface area contributed by atoms with Gasteiger partial charge in [0.2, 0.25) is 0 Å². The van der Waals surface area contributed by atoms with Crippen LogP contribution in [-0.4, -0.2) is 48.9 Å². The number of hydrogen-bond acceptors (Lipinski definition) is 4. The average Bonchev–Trinajstić information content (AvgIpc) is 2.28. The van der Waals surface area contributed by atoms with Crippen LogP contribution in [0.15, 0.2) is 0 Å². The van der Waals surface area contributed by atoms with Gasteiger partial charge < -0.3 is 9.47 Å². The van der Waals surface area contributed by atoms with E-state index in [0.29, 0.717) is 0 Å². The zero-order valence-electron chi connectivity index (χ0n) is 10.3. The number of thioether (sulfide) groups is 2. The highest BCUT2D eigenvalue weighted by atomic mass is 32.2. The van der Waals surface area contributed by atoms with E-state index in [4.69, 9.17) is 9.47 Å². The summed E-state index contributed by atoms with van der Waals surface area (Å²) in [7, 11) is 0. The highest BCUT2D eigenvalue weighted by Gasteiger charge is 2.09. The molecule has 0 bridgehead atoms. The Morgan fingerprint density at radius 1 is 1.06 bits per heavy atom. The molecule has 1 heterocycles. The third-order valence-corrected chi connectivity index (χ3v) is 5.09. The number of hydrogen-bond donors (Lipinski definition) is 0. The lowest BCUT2D eigenvalue weighted by Gasteiger charge is -2.17. The molecule has 1 aliphatic rings. The lowest BCUT2D eigenvalue weighted by atomic mass is 10.2. The van der Waals surface area contributed by atoms with Crippen molar-refractivity contribution in [2.75, 3.05) is 43.7 Å². The van der Waals surface area contributed by atoms with Gasteiger partial charge in [0.25, 0.3) is 0 Å². The van der Waals surface area contributed by atoms with E-state index in [2.05, 4.69) is 18.7 Å². The zero-order chi connectivity index (χ0) is 11.5. The highest BCUT2D eigenvalue weighted by Crippen LogP contribution is 2.22. The molecule has 1 rings (SSSR count). The summed E-state index contributed by atoms with van der Waals surface area (Å²) in [6.45, 7) is 5.53. The molecular weight excluding hydrogens is 240 g/mol. The molecule has 0 aromatic rings. The topological polar surface area (TPSA) is 18.5 Å². The Balaban J connectivity index is 2.19. The summed E-state index contributed by atoms with van der Waals surface area (Å²) in [5, 5.41) is 0.813. The number of unbranched alkanes of at least 4 members (excludes halogenated alkanes) is 1. The molecular formula is C12H24O2S2. The van der Waals surface area contributed by atoms with Gasteiger partial charge in [-0.3, -0.25) is 0 Å². The minimum absolute atomic E-state index is 0.754. The van der Waals surface area contributed by atoms with Gasteiger partial charge in [0, 0.05) is 22.5 Å². The fourth-order valence-corrected chi connectivity index (χ4v) is 3.96. The molecule has 2 nitrogen and oxygen atoms in total. The Hall–Kier alpha value is 0.620. The number of ether oxygens (including phenoxy) is 2. The largest absolute Gasteiger partial charge is 0.378 e. The van der Waals surface area contributed by atoms with Crippen LogP contribution in [0.5, 0.6) is 0 Å². The molecule has 0 aliphatic carbocycles. The normalized spacial score (nSPS) is 25.7. The molecule has 0 amide bonds. The second-order valence-corrected chi connectivity index (χ2v) is 6.49. The zero-order valence-corrected chi connectivity index (χ0v) is 11.9. The van der Waals surface area contributed by atoms with E-state index in [1.807, 2.05) is 11.8 Å².